The summed E-state index contributed by atoms with van der Waals surface area (Å²) in [6, 6.07) is 3.71. The molecule has 0 saturated heterocycles. The molecule has 0 aliphatic rings. The second kappa shape index (κ2) is 6.23. The van der Waals surface area contributed by atoms with Gasteiger partial charge in [-0.05, 0) is 33.3 Å². The van der Waals surface area contributed by atoms with Crippen LogP contribution in [0.4, 0.5) is 4.79 Å². The third kappa shape index (κ3) is 6.08. The SMILES string of the molecule is Cc1ccc(OCCNC(=O)OC(C)(C)C)nc1. The monoisotopic (exact) mass is 252 g/mol. The minimum Gasteiger partial charge on any atom is -0.476 e. The number of carbonyl (C=O) groups is 1. The van der Waals surface area contributed by atoms with Crippen molar-refractivity contribution in [1.29, 1.82) is 0 Å². The average Bonchev–Trinajstić information content (AvgIpc) is 2.24. The van der Waals surface area contributed by atoms with E-state index in [0.29, 0.717) is 19.0 Å². The number of amides is 1. The lowest BCUT2D eigenvalue weighted by molar-refractivity contribution is 0.0520. The van der Waals surface area contributed by atoms with Gasteiger partial charge in [0.25, 0.3) is 0 Å². The number of carbonyl (C=O) groups excluding carboxylic acids is 1. The lowest BCUT2D eigenvalue weighted by Gasteiger charge is -2.19. The van der Waals surface area contributed by atoms with Crippen molar-refractivity contribution in [3.63, 3.8) is 0 Å². The normalized spacial score (nSPS) is 10.9. The highest BCUT2D eigenvalue weighted by Gasteiger charge is 2.15. The fourth-order valence-electron chi connectivity index (χ4n) is 1.16. The predicted octanol–water partition coefficient (Wildman–Crippen LogP) is 2.29. The van der Waals surface area contributed by atoms with Gasteiger partial charge in [-0.1, -0.05) is 6.07 Å². The fraction of sp³-hybridized carbons (Fsp3) is 0.538. The highest BCUT2D eigenvalue weighted by atomic mass is 16.6. The molecule has 5 nitrogen and oxygen atoms in total. The molecule has 1 rings (SSSR count). The highest BCUT2D eigenvalue weighted by Crippen LogP contribution is 2.07. The van der Waals surface area contributed by atoms with Crippen LogP contribution >= 0.6 is 0 Å². The number of aromatic nitrogens is 1. The van der Waals surface area contributed by atoms with E-state index in [4.69, 9.17) is 9.47 Å². The molecule has 0 aliphatic carbocycles. The second-order valence-corrected chi connectivity index (χ2v) is 4.95. The van der Waals surface area contributed by atoms with Crippen LogP contribution in [-0.4, -0.2) is 29.8 Å². The summed E-state index contributed by atoms with van der Waals surface area (Å²) in [4.78, 5) is 15.4. The van der Waals surface area contributed by atoms with Crippen LogP contribution in [0, 0.1) is 6.92 Å². The Morgan fingerprint density at radius 3 is 2.67 bits per heavy atom. The summed E-state index contributed by atoms with van der Waals surface area (Å²) in [6.45, 7) is 8.15. The molecular formula is C13H20N2O3. The summed E-state index contributed by atoms with van der Waals surface area (Å²) in [6.07, 6.45) is 1.29. The molecule has 1 heterocycles. The summed E-state index contributed by atoms with van der Waals surface area (Å²) < 4.78 is 10.4. The molecular weight excluding hydrogens is 232 g/mol. The molecule has 0 aliphatic heterocycles. The molecule has 0 fully saturated rings. The number of aryl methyl sites for hydroxylation is 1. The topological polar surface area (TPSA) is 60.5 Å². The summed E-state index contributed by atoms with van der Waals surface area (Å²) in [5.41, 5.74) is 0.595. The molecule has 0 radical (unpaired) electrons. The second-order valence-electron chi connectivity index (χ2n) is 4.95. The van der Waals surface area contributed by atoms with Gasteiger partial charge in [0.1, 0.15) is 12.2 Å². The van der Waals surface area contributed by atoms with Gasteiger partial charge in [-0.2, -0.15) is 0 Å². The first-order valence-electron chi connectivity index (χ1n) is 5.89. The standard InChI is InChI=1S/C13H20N2O3/c1-10-5-6-11(15-9-10)17-8-7-14-12(16)18-13(2,3)4/h5-6,9H,7-8H2,1-4H3,(H,14,16). The number of hydrogen-bond donors (Lipinski definition) is 1. The Morgan fingerprint density at radius 1 is 1.39 bits per heavy atom. The van der Waals surface area contributed by atoms with Crippen LogP contribution in [0.15, 0.2) is 18.3 Å². The first-order valence-corrected chi connectivity index (χ1v) is 5.89. The van der Waals surface area contributed by atoms with E-state index in [1.807, 2.05) is 33.8 Å². The van der Waals surface area contributed by atoms with Crippen molar-refractivity contribution >= 4 is 6.09 Å². The van der Waals surface area contributed by atoms with Gasteiger partial charge in [0.05, 0.1) is 6.54 Å². The Balaban J connectivity index is 2.19. The molecule has 0 saturated carbocycles. The van der Waals surface area contributed by atoms with Gasteiger partial charge in [0, 0.05) is 12.3 Å². The summed E-state index contributed by atoms with van der Waals surface area (Å²) in [5.74, 6) is 0.548. The Morgan fingerprint density at radius 2 is 2.11 bits per heavy atom. The molecule has 1 aromatic rings. The van der Waals surface area contributed by atoms with Gasteiger partial charge in [-0.3, -0.25) is 0 Å². The maximum Gasteiger partial charge on any atom is 0.407 e. The van der Waals surface area contributed by atoms with E-state index in [-0.39, 0.29) is 0 Å². The lowest BCUT2D eigenvalue weighted by Crippen LogP contribution is -2.34. The van der Waals surface area contributed by atoms with Crippen molar-refractivity contribution in [2.75, 3.05) is 13.2 Å². The van der Waals surface area contributed by atoms with E-state index in [1.54, 1.807) is 12.3 Å². The number of nitrogens with one attached hydrogen (secondary N) is 1. The summed E-state index contributed by atoms with van der Waals surface area (Å²) >= 11 is 0. The van der Waals surface area contributed by atoms with Gasteiger partial charge < -0.3 is 14.8 Å². The maximum absolute atomic E-state index is 11.3. The molecule has 0 atom stereocenters. The molecule has 0 spiro atoms. The molecule has 1 amide bonds. The van der Waals surface area contributed by atoms with E-state index in [1.165, 1.54) is 0 Å². The number of alkyl carbamates (subject to hydrolysis) is 1. The average molecular weight is 252 g/mol. The van der Waals surface area contributed by atoms with E-state index in [9.17, 15) is 4.79 Å². The Labute approximate surface area is 108 Å². The van der Waals surface area contributed by atoms with Gasteiger partial charge in [0.2, 0.25) is 5.88 Å². The van der Waals surface area contributed by atoms with Crippen molar-refractivity contribution in [1.82, 2.24) is 10.3 Å². The van der Waals surface area contributed by atoms with Crippen molar-refractivity contribution in [3.8, 4) is 5.88 Å². The number of pyridine rings is 1. The molecule has 5 heteroatoms. The van der Waals surface area contributed by atoms with Crippen molar-refractivity contribution in [2.24, 2.45) is 0 Å². The number of rotatable bonds is 4. The Hall–Kier alpha value is -1.78. The smallest absolute Gasteiger partial charge is 0.407 e. The molecule has 0 aromatic carbocycles. The van der Waals surface area contributed by atoms with Crippen molar-refractivity contribution < 1.29 is 14.3 Å². The molecule has 1 aromatic heterocycles. The van der Waals surface area contributed by atoms with E-state index in [2.05, 4.69) is 10.3 Å². The van der Waals surface area contributed by atoms with Gasteiger partial charge in [-0.15, -0.1) is 0 Å². The van der Waals surface area contributed by atoms with E-state index < -0.39 is 11.7 Å². The zero-order valence-corrected chi connectivity index (χ0v) is 11.3. The quantitative estimate of drug-likeness (QED) is 0.835. The fourth-order valence-corrected chi connectivity index (χ4v) is 1.16. The zero-order chi connectivity index (χ0) is 13.6. The van der Waals surface area contributed by atoms with Crippen LogP contribution in [0.2, 0.25) is 0 Å². The molecule has 18 heavy (non-hydrogen) atoms. The minimum atomic E-state index is -0.483. The Kier molecular flexibility index (Phi) is 4.95. The van der Waals surface area contributed by atoms with E-state index in [0.717, 1.165) is 5.56 Å². The Bertz CT molecular complexity index is 382. The summed E-state index contributed by atoms with van der Waals surface area (Å²) in [5, 5.41) is 2.61. The van der Waals surface area contributed by atoms with Crippen LogP contribution < -0.4 is 10.1 Å². The van der Waals surface area contributed by atoms with Crippen LogP contribution in [-0.2, 0) is 4.74 Å². The maximum atomic E-state index is 11.3. The summed E-state index contributed by atoms with van der Waals surface area (Å²) in [7, 11) is 0. The zero-order valence-electron chi connectivity index (χ0n) is 11.3. The van der Waals surface area contributed by atoms with Gasteiger partial charge >= 0.3 is 6.09 Å². The molecule has 0 bridgehead atoms. The van der Waals surface area contributed by atoms with E-state index >= 15 is 0 Å². The third-order valence-electron chi connectivity index (χ3n) is 1.90. The largest absolute Gasteiger partial charge is 0.476 e. The van der Waals surface area contributed by atoms with Crippen LogP contribution in [0.5, 0.6) is 5.88 Å². The first-order chi connectivity index (χ1) is 8.37. The van der Waals surface area contributed by atoms with Crippen molar-refractivity contribution in [3.05, 3.63) is 23.9 Å². The number of ether oxygens (including phenoxy) is 2. The van der Waals surface area contributed by atoms with Crippen LogP contribution in [0.1, 0.15) is 26.3 Å². The van der Waals surface area contributed by atoms with Crippen LogP contribution in [0.3, 0.4) is 0 Å². The molecule has 100 valence electrons. The van der Waals surface area contributed by atoms with Gasteiger partial charge in [-0.25, -0.2) is 9.78 Å². The number of hydrogen-bond acceptors (Lipinski definition) is 4. The number of nitrogens with zero attached hydrogens (tertiary/aromatic N) is 1. The predicted molar refractivity (Wildman–Crippen MR) is 68.7 cm³/mol. The molecule has 0 unspecified atom stereocenters. The molecule has 1 N–H and O–H groups in total. The minimum absolute atomic E-state index is 0.356. The van der Waals surface area contributed by atoms with Crippen LogP contribution in [0.25, 0.3) is 0 Å². The first kappa shape index (κ1) is 14.3. The lowest BCUT2D eigenvalue weighted by atomic mass is 10.2. The van der Waals surface area contributed by atoms with Gasteiger partial charge in [0.15, 0.2) is 0 Å². The highest BCUT2D eigenvalue weighted by molar-refractivity contribution is 5.67. The third-order valence-corrected chi connectivity index (χ3v) is 1.90. The van der Waals surface area contributed by atoms with Crippen molar-refractivity contribution in [2.45, 2.75) is 33.3 Å².